The van der Waals surface area contributed by atoms with Gasteiger partial charge in [0.2, 0.25) is 5.91 Å². The molecular weight excluding hydrogens is 242 g/mol. The Kier molecular flexibility index (Phi) is 3.33. The van der Waals surface area contributed by atoms with Gasteiger partial charge in [0, 0.05) is 23.7 Å². The molecule has 2 rings (SSSR count). The molecule has 1 heterocycles. The number of fused-ring (bicyclic) bond motifs is 1. The molecule has 0 aliphatic carbocycles. The highest BCUT2D eigenvalue weighted by Crippen LogP contribution is 2.31. The van der Waals surface area contributed by atoms with Crippen molar-refractivity contribution in [2.45, 2.75) is 19.3 Å². The number of halogens is 1. The summed E-state index contributed by atoms with van der Waals surface area (Å²) in [6, 6.07) is 5.35. The van der Waals surface area contributed by atoms with Crippen LogP contribution in [0.15, 0.2) is 18.2 Å². The maximum absolute atomic E-state index is 11.8. The summed E-state index contributed by atoms with van der Waals surface area (Å²) in [5.74, 6) is -0.837. The van der Waals surface area contributed by atoms with Gasteiger partial charge in [-0.3, -0.25) is 9.59 Å². The predicted molar refractivity (Wildman–Crippen MR) is 64.4 cm³/mol. The number of amides is 1. The van der Waals surface area contributed by atoms with E-state index in [0.29, 0.717) is 24.4 Å². The van der Waals surface area contributed by atoms with Gasteiger partial charge in [0.1, 0.15) is 0 Å². The van der Waals surface area contributed by atoms with E-state index < -0.39 is 5.97 Å². The van der Waals surface area contributed by atoms with Gasteiger partial charge in [0.15, 0.2) is 0 Å². The lowest BCUT2D eigenvalue weighted by Crippen LogP contribution is -2.28. The molecule has 5 heteroatoms. The van der Waals surface area contributed by atoms with Crippen molar-refractivity contribution in [2.75, 3.05) is 11.4 Å². The number of carbonyl (C=O) groups excluding carboxylic acids is 1. The number of nitrogens with zero attached hydrogens (tertiary/aromatic N) is 1. The fourth-order valence-electron chi connectivity index (χ4n) is 1.96. The van der Waals surface area contributed by atoms with E-state index in [2.05, 4.69) is 0 Å². The number of carboxylic acid groups (broad SMARTS) is 1. The topological polar surface area (TPSA) is 57.6 Å². The Morgan fingerprint density at radius 1 is 1.47 bits per heavy atom. The van der Waals surface area contributed by atoms with Gasteiger partial charge in [-0.25, -0.2) is 0 Å². The highest BCUT2D eigenvalue weighted by atomic mass is 35.5. The Bertz CT molecular complexity index is 473. The number of benzene rings is 1. The van der Waals surface area contributed by atoms with Crippen molar-refractivity contribution in [3.05, 3.63) is 28.8 Å². The average molecular weight is 254 g/mol. The van der Waals surface area contributed by atoms with Gasteiger partial charge < -0.3 is 10.0 Å². The summed E-state index contributed by atoms with van der Waals surface area (Å²) >= 11 is 5.89. The number of hydrogen-bond acceptors (Lipinski definition) is 2. The molecule has 0 fully saturated rings. The quantitative estimate of drug-likeness (QED) is 0.894. The minimum Gasteiger partial charge on any atom is -0.481 e. The number of anilines is 1. The predicted octanol–water partition coefficient (Wildman–Crippen LogP) is 2.09. The molecule has 4 nitrogen and oxygen atoms in total. The van der Waals surface area contributed by atoms with Crippen LogP contribution in [-0.2, 0) is 16.0 Å². The van der Waals surface area contributed by atoms with Crippen molar-refractivity contribution in [1.82, 2.24) is 0 Å². The van der Waals surface area contributed by atoms with Crippen LogP contribution in [0, 0.1) is 0 Å². The molecule has 0 bridgehead atoms. The second-order valence-corrected chi connectivity index (χ2v) is 4.43. The Morgan fingerprint density at radius 2 is 2.24 bits per heavy atom. The second-order valence-electron chi connectivity index (χ2n) is 3.99. The molecule has 0 spiro atoms. The molecule has 0 radical (unpaired) electrons. The van der Waals surface area contributed by atoms with E-state index >= 15 is 0 Å². The van der Waals surface area contributed by atoms with Crippen LogP contribution in [0.1, 0.15) is 18.4 Å². The van der Waals surface area contributed by atoms with E-state index in [1.807, 2.05) is 6.07 Å². The van der Waals surface area contributed by atoms with Crippen LogP contribution in [0.25, 0.3) is 0 Å². The highest BCUT2D eigenvalue weighted by Gasteiger charge is 2.26. The summed E-state index contributed by atoms with van der Waals surface area (Å²) in [5, 5.41) is 9.15. The summed E-state index contributed by atoms with van der Waals surface area (Å²) in [5.41, 5.74) is 1.77. The summed E-state index contributed by atoms with van der Waals surface area (Å²) < 4.78 is 0. The van der Waals surface area contributed by atoms with Crippen LogP contribution in [0.3, 0.4) is 0 Å². The number of aliphatic carboxylic acids is 1. The molecule has 0 atom stereocenters. The third-order valence-electron chi connectivity index (χ3n) is 2.75. The van der Waals surface area contributed by atoms with Crippen molar-refractivity contribution in [1.29, 1.82) is 0 Å². The van der Waals surface area contributed by atoms with Gasteiger partial charge in [-0.05, 0) is 24.1 Å². The molecule has 0 saturated carbocycles. The van der Waals surface area contributed by atoms with Gasteiger partial charge in [0.25, 0.3) is 0 Å². The van der Waals surface area contributed by atoms with Crippen molar-refractivity contribution in [2.24, 2.45) is 0 Å². The molecule has 1 aromatic carbocycles. The molecule has 90 valence electrons. The van der Waals surface area contributed by atoms with Gasteiger partial charge in [-0.1, -0.05) is 17.7 Å². The molecule has 1 aromatic rings. The van der Waals surface area contributed by atoms with Crippen LogP contribution in [-0.4, -0.2) is 23.5 Å². The third-order valence-corrected chi connectivity index (χ3v) is 2.99. The maximum atomic E-state index is 11.8. The lowest BCUT2D eigenvalue weighted by Gasteiger charge is -2.16. The smallest absolute Gasteiger partial charge is 0.303 e. The molecule has 0 unspecified atom stereocenters. The van der Waals surface area contributed by atoms with Crippen molar-refractivity contribution >= 4 is 29.2 Å². The van der Waals surface area contributed by atoms with Gasteiger partial charge in [-0.15, -0.1) is 0 Å². The summed E-state index contributed by atoms with van der Waals surface area (Å²) in [6.45, 7) is 0.429. The molecule has 1 N–H and O–H groups in total. The lowest BCUT2D eigenvalue weighted by molar-refractivity contribution is -0.137. The van der Waals surface area contributed by atoms with Gasteiger partial charge in [0.05, 0.1) is 6.42 Å². The van der Waals surface area contributed by atoms with Gasteiger partial charge in [-0.2, -0.15) is 0 Å². The van der Waals surface area contributed by atoms with Crippen LogP contribution < -0.4 is 4.90 Å². The zero-order valence-corrected chi connectivity index (χ0v) is 9.91. The summed E-state index contributed by atoms with van der Waals surface area (Å²) in [7, 11) is 0. The Labute approximate surface area is 104 Å². The van der Waals surface area contributed by atoms with Crippen molar-refractivity contribution in [3.8, 4) is 0 Å². The highest BCUT2D eigenvalue weighted by molar-refractivity contribution is 6.31. The van der Waals surface area contributed by atoms with E-state index in [9.17, 15) is 9.59 Å². The monoisotopic (exact) mass is 253 g/mol. The first-order valence-corrected chi connectivity index (χ1v) is 5.76. The number of rotatable bonds is 4. The first kappa shape index (κ1) is 11.9. The van der Waals surface area contributed by atoms with E-state index in [0.717, 1.165) is 11.3 Å². The maximum Gasteiger partial charge on any atom is 0.303 e. The van der Waals surface area contributed by atoms with Crippen LogP contribution in [0.4, 0.5) is 5.69 Å². The zero-order valence-electron chi connectivity index (χ0n) is 9.15. The van der Waals surface area contributed by atoms with E-state index in [1.54, 1.807) is 17.0 Å². The van der Waals surface area contributed by atoms with E-state index in [4.69, 9.17) is 16.7 Å². The van der Waals surface area contributed by atoms with Crippen molar-refractivity contribution in [3.63, 3.8) is 0 Å². The number of hydrogen-bond donors (Lipinski definition) is 1. The molecule has 1 aliphatic heterocycles. The first-order chi connectivity index (χ1) is 8.08. The summed E-state index contributed by atoms with van der Waals surface area (Å²) in [4.78, 5) is 23.8. The lowest BCUT2D eigenvalue weighted by atomic mass is 10.2. The average Bonchev–Trinajstić information content (AvgIpc) is 2.55. The molecule has 0 aromatic heterocycles. The van der Waals surface area contributed by atoms with Crippen LogP contribution in [0.2, 0.25) is 5.02 Å². The Hall–Kier alpha value is -1.55. The SMILES string of the molecule is O=C(O)CCCN1C(=O)Cc2ccc(Cl)cc21. The standard InChI is InChI=1S/C12H12ClNO3/c13-9-4-3-8-6-11(15)14(10(8)7-9)5-1-2-12(16)17/h3-4,7H,1-2,5-6H2,(H,16,17). The van der Waals surface area contributed by atoms with Crippen LogP contribution >= 0.6 is 11.6 Å². The fourth-order valence-corrected chi connectivity index (χ4v) is 2.13. The fraction of sp³-hybridized carbons (Fsp3) is 0.333. The van der Waals surface area contributed by atoms with Crippen LogP contribution in [0.5, 0.6) is 0 Å². The minimum absolute atomic E-state index is 0.00709. The Morgan fingerprint density at radius 3 is 2.94 bits per heavy atom. The number of carbonyl (C=O) groups is 2. The minimum atomic E-state index is -0.844. The van der Waals surface area contributed by atoms with E-state index in [-0.39, 0.29) is 12.3 Å². The number of carboxylic acids is 1. The summed E-state index contributed by atoms with van der Waals surface area (Å²) in [6.07, 6.45) is 0.895. The van der Waals surface area contributed by atoms with Crippen molar-refractivity contribution < 1.29 is 14.7 Å². The van der Waals surface area contributed by atoms with Gasteiger partial charge >= 0.3 is 5.97 Å². The zero-order chi connectivity index (χ0) is 12.4. The molecule has 1 amide bonds. The largest absolute Gasteiger partial charge is 0.481 e. The third kappa shape index (κ3) is 2.58. The molecule has 0 saturated heterocycles. The molecule has 1 aliphatic rings. The molecular formula is C12H12ClNO3. The van der Waals surface area contributed by atoms with E-state index in [1.165, 1.54) is 0 Å². The first-order valence-electron chi connectivity index (χ1n) is 5.38. The Balaban J connectivity index is 2.11. The normalized spacial score (nSPS) is 13.9. The molecule has 17 heavy (non-hydrogen) atoms. The second kappa shape index (κ2) is 4.75.